The number of nitrogens with zero attached hydrogens (tertiary/aromatic N) is 5. The van der Waals surface area contributed by atoms with Crippen molar-refractivity contribution in [3.8, 4) is 0 Å². The first-order valence-corrected chi connectivity index (χ1v) is 8.07. The van der Waals surface area contributed by atoms with E-state index in [1.807, 2.05) is 0 Å². The molecule has 0 aliphatic carbocycles. The second-order valence-corrected chi connectivity index (χ2v) is 6.08. The molecule has 0 radical (unpaired) electrons. The summed E-state index contributed by atoms with van der Waals surface area (Å²) < 4.78 is 5.32. The van der Waals surface area contributed by atoms with Gasteiger partial charge in [-0.25, -0.2) is 10.1 Å². The summed E-state index contributed by atoms with van der Waals surface area (Å²) in [5, 5.41) is 24.4. The number of carbonyl (C=O) groups is 1. The lowest BCUT2D eigenvalue weighted by atomic mass is 10.1. The number of nitro benzene ring substituents is 1. The molecular formula is C15H17N5O6. The Morgan fingerprint density at radius 1 is 1.31 bits per heavy atom. The Bertz CT molecular complexity index is 761. The molecule has 1 unspecified atom stereocenters. The fourth-order valence-electron chi connectivity index (χ4n) is 3.09. The van der Waals surface area contributed by atoms with Crippen molar-refractivity contribution in [2.24, 2.45) is 11.0 Å². The maximum atomic E-state index is 12.7. The van der Waals surface area contributed by atoms with Gasteiger partial charge < -0.3 is 9.64 Å². The Labute approximate surface area is 148 Å². The first kappa shape index (κ1) is 17.7. The normalized spacial score (nSPS) is 21.4. The van der Waals surface area contributed by atoms with Crippen LogP contribution in [0.25, 0.3) is 0 Å². The zero-order valence-electron chi connectivity index (χ0n) is 13.8. The van der Waals surface area contributed by atoms with E-state index in [9.17, 15) is 25.0 Å². The van der Waals surface area contributed by atoms with E-state index in [4.69, 9.17) is 4.74 Å². The number of nitro groups is 2. The third-order valence-corrected chi connectivity index (χ3v) is 4.34. The molecule has 0 saturated carbocycles. The van der Waals surface area contributed by atoms with Crippen LogP contribution in [0.1, 0.15) is 16.8 Å². The van der Waals surface area contributed by atoms with Gasteiger partial charge >= 0.3 is 0 Å². The van der Waals surface area contributed by atoms with E-state index in [-0.39, 0.29) is 29.7 Å². The molecule has 0 N–H and O–H groups in total. The molecule has 1 aromatic carbocycles. The summed E-state index contributed by atoms with van der Waals surface area (Å²) >= 11 is 0. The molecule has 1 aromatic rings. The molecule has 2 heterocycles. The highest BCUT2D eigenvalue weighted by Crippen LogP contribution is 2.21. The fourth-order valence-corrected chi connectivity index (χ4v) is 3.09. The number of amides is 1. The minimum Gasteiger partial charge on any atom is -0.381 e. The van der Waals surface area contributed by atoms with E-state index in [2.05, 4.69) is 5.10 Å². The van der Waals surface area contributed by atoms with Gasteiger partial charge in [0.1, 0.15) is 5.10 Å². The Morgan fingerprint density at radius 3 is 2.77 bits per heavy atom. The molecule has 138 valence electrons. The number of hydrazone groups is 1. The topological polar surface area (TPSA) is 131 Å². The molecular weight excluding hydrogens is 346 g/mol. The van der Waals surface area contributed by atoms with Gasteiger partial charge in [-0.1, -0.05) is 6.07 Å². The van der Waals surface area contributed by atoms with Crippen molar-refractivity contribution in [2.75, 3.05) is 32.8 Å². The molecule has 11 nitrogen and oxygen atoms in total. The van der Waals surface area contributed by atoms with Crippen LogP contribution in [0.15, 0.2) is 29.4 Å². The second kappa shape index (κ2) is 7.44. The van der Waals surface area contributed by atoms with Crippen LogP contribution in [0.3, 0.4) is 0 Å². The number of non-ortho nitro benzene ring substituents is 1. The highest BCUT2D eigenvalue weighted by Gasteiger charge is 2.36. The largest absolute Gasteiger partial charge is 0.381 e. The Hall–Kier alpha value is -3.08. The number of hydrogen-bond acceptors (Lipinski definition) is 6. The van der Waals surface area contributed by atoms with Crippen LogP contribution < -0.4 is 0 Å². The third-order valence-electron chi connectivity index (χ3n) is 4.34. The van der Waals surface area contributed by atoms with E-state index < -0.39 is 15.9 Å². The van der Waals surface area contributed by atoms with E-state index in [0.717, 1.165) is 12.5 Å². The van der Waals surface area contributed by atoms with Crippen molar-refractivity contribution in [2.45, 2.75) is 6.42 Å². The third kappa shape index (κ3) is 3.77. The molecule has 2 saturated heterocycles. The predicted octanol–water partition coefficient (Wildman–Crippen LogP) is 0.937. The van der Waals surface area contributed by atoms with Gasteiger partial charge in [0.2, 0.25) is 0 Å². The molecule has 2 aliphatic rings. The van der Waals surface area contributed by atoms with Crippen molar-refractivity contribution in [1.82, 2.24) is 9.80 Å². The van der Waals surface area contributed by atoms with E-state index in [0.29, 0.717) is 26.3 Å². The van der Waals surface area contributed by atoms with Crippen LogP contribution in [0.2, 0.25) is 0 Å². The first-order valence-electron chi connectivity index (χ1n) is 8.07. The lowest BCUT2D eigenvalue weighted by molar-refractivity contribution is -0.486. The Morgan fingerprint density at radius 2 is 2.12 bits per heavy atom. The molecule has 2 fully saturated rings. The molecule has 2 aliphatic heterocycles. The van der Waals surface area contributed by atoms with Crippen molar-refractivity contribution in [3.63, 3.8) is 0 Å². The SMILES string of the molecule is O=C(c1cccc([N+](=O)[O-])c1)N1CCN(CC2CCOC2)C1=N[N+](=O)[O-]. The lowest BCUT2D eigenvalue weighted by Gasteiger charge is -2.21. The van der Waals surface area contributed by atoms with Crippen molar-refractivity contribution >= 4 is 17.6 Å². The molecule has 0 spiro atoms. The van der Waals surface area contributed by atoms with Gasteiger partial charge in [0.25, 0.3) is 17.6 Å². The molecule has 0 bridgehead atoms. The van der Waals surface area contributed by atoms with Crippen LogP contribution in [0.4, 0.5) is 5.69 Å². The summed E-state index contributed by atoms with van der Waals surface area (Å²) in [5.74, 6) is -0.377. The number of rotatable bonds is 5. The average Bonchev–Trinajstić information content (AvgIpc) is 3.25. The summed E-state index contributed by atoms with van der Waals surface area (Å²) in [4.78, 5) is 36.9. The van der Waals surface area contributed by atoms with E-state index in [1.165, 1.54) is 23.1 Å². The minimum absolute atomic E-state index is 0.0431. The molecule has 11 heteroatoms. The van der Waals surface area contributed by atoms with Gasteiger partial charge in [-0.2, -0.15) is 0 Å². The Balaban J connectivity index is 1.83. The van der Waals surface area contributed by atoms with Crippen molar-refractivity contribution in [3.05, 3.63) is 50.1 Å². The number of ether oxygens (including phenoxy) is 1. The number of guanidine groups is 1. The van der Waals surface area contributed by atoms with Crippen LogP contribution >= 0.6 is 0 Å². The summed E-state index contributed by atoms with van der Waals surface area (Å²) in [6, 6.07) is 5.27. The highest BCUT2D eigenvalue weighted by molar-refractivity contribution is 6.06. The maximum Gasteiger partial charge on any atom is 0.281 e. The average molecular weight is 363 g/mol. The van der Waals surface area contributed by atoms with Gasteiger partial charge in [-0.05, 0) is 12.5 Å². The van der Waals surface area contributed by atoms with Crippen LogP contribution in [0.5, 0.6) is 0 Å². The van der Waals surface area contributed by atoms with Crippen molar-refractivity contribution < 1.29 is 19.5 Å². The summed E-state index contributed by atoms with van der Waals surface area (Å²) in [6.07, 6.45) is 0.848. The lowest BCUT2D eigenvalue weighted by Crippen LogP contribution is -2.40. The second-order valence-electron chi connectivity index (χ2n) is 6.08. The summed E-state index contributed by atoms with van der Waals surface area (Å²) in [5.41, 5.74) is -0.135. The zero-order valence-corrected chi connectivity index (χ0v) is 13.8. The predicted molar refractivity (Wildman–Crippen MR) is 89.1 cm³/mol. The molecule has 1 atom stereocenters. The highest BCUT2D eigenvalue weighted by atomic mass is 16.7. The molecule has 1 amide bonds. The Kier molecular flexibility index (Phi) is 5.07. The number of hydrogen-bond donors (Lipinski definition) is 0. The van der Waals surface area contributed by atoms with Gasteiger partial charge in [0.15, 0.2) is 5.03 Å². The monoisotopic (exact) mass is 363 g/mol. The number of benzene rings is 1. The molecule has 0 aromatic heterocycles. The smallest absolute Gasteiger partial charge is 0.281 e. The minimum atomic E-state index is -0.841. The van der Waals surface area contributed by atoms with Gasteiger partial charge in [0.05, 0.1) is 11.5 Å². The van der Waals surface area contributed by atoms with Crippen molar-refractivity contribution in [1.29, 1.82) is 0 Å². The summed E-state index contributed by atoms with van der Waals surface area (Å²) in [6.45, 7) is 2.36. The van der Waals surface area contributed by atoms with Crippen LogP contribution in [0, 0.1) is 26.1 Å². The molecule has 26 heavy (non-hydrogen) atoms. The van der Waals surface area contributed by atoms with Crippen LogP contribution in [-0.4, -0.2) is 64.5 Å². The standard InChI is InChI=1S/C15H17N5O6/c21-14(12-2-1-3-13(8-12)19(22)23)18-6-5-17(15(18)16-20(24)25)9-11-4-7-26-10-11/h1-3,8,11H,4-7,9-10H2. The zero-order chi connectivity index (χ0) is 18.7. The molecule has 3 rings (SSSR count). The van der Waals surface area contributed by atoms with E-state index in [1.54, 1.807) is 4.90 Å². The quantitative estimate of drug-likeness (QED) is 0.561. The van der Waals surface area contributed by atoms with Crippen LogP contribution in [-0.2, 0) is 4.74 Å². The van der Waals surface area contributed by atoms with Gasteiger partial charge in [0, 0.05) is 49.9 Å². The fraction of sp³-hybridized carbons (Fsp3) is 0.467. The van der Waals surface area contributed by atoms with Gasteiger partial charge in [-0.15, -0.1) is 0 Å². The first-order chi connectivity index (χ1) is 12.5. The summed E-state index contributed by atoms with van der Waals surface area (Å²) in [7, 11) is 0. The van der Waals surface area contributed by atoms with E-state index >= 15 is 0 Å². The number of carbonyl (C=O) groups excluding carboxylic acids is 1. The maximum absolute atomic E-state index is 12.7. The van der Waals surface area contributed by atoms with Gasteiger partial charge in [-0.3, -0.25) is 19.8 Å².